The van der Waals surface area contributed by atoms with Crippen molar-refractivity contribution in [1.29, 1.82) is 0 Å². The summed E-state index contributed by atoms with van der Waals surface area (Å²) in [4.78, 5) is 14.9. The molecule has 1 amide bonds. The first kappa shape index (κ1) is 16.7. The summed E-state index contributed by atoms with van der Waals surface area (Å²) in [7, 11) is 0. The number of benzene rings is 2. The van der Waals surface area contributed by atoms with Crippen molar-refractivity contribution in [2.24, 2.45) is 0 Å². The van der Waals surface area contributed by atoms with E-state index in [-0.39, 0.29) is 5.91 Å². The Balaban J connectivity index is 1.97. The molecule has 2 nitrogen and oxygen atoms in total. The molecule has 1 fully saturated rings. The maximum atomic E-state index is 12.7. The Morgan fingerprint density at radius 2 is 2.00 bits per heavy atom. The molecule has 0 spiro atoms. The Bertz CT molecular complexity index is 850. The molecule has 1 aliphatic rings. The summed E-state index contributed by atoms with van der Waals surface area (Å²) in [6.45, 7) is 2.01. The van der Waals surface area contributed by atoms with Gasteiger partial charge in [-0.2, -0.15) is 0 Å². The van der Waals surface area contributed by atoms with Gasteiger partial charge >= 0.3 is 0 Å². The lowest BCUT2D eigenvalue weighted by Gasteiger charge is -2.15. The highest BCUT2D eigenvalue weighted by molar-refractivity contribution is 9.10. The van der Waals surface area contributed by atoms with Crippen LogP contribution in [0.5, 0.6) is 0 Å². The minimum atomic E-state index is -0.123. The molecular weight excluding hydrogens is 414 g/mol. The van der Waals surface area contributed by atoms with Crippen LogP contribution in [0.25, 0.3) is 6.08 Å². The van der Waals surface area contributed by atoms with E-state index in [1.54, 1.807) is 12.1 Å². The normalized spacial score (nSPS) is 16.5. The number of nitrogens with zero attached hydrogens (tertiary/aromatic N) is 1. The largest absolute Gasteiger partial charge is 0.270 e. The van der Waals surface area contributed by atoms with Crippen molar-refractivity contribution >= 4 is 73.5 Å². The number of carbonyl (C=O) groups excluding carboxylic acids is 1. The molecule has 3 rings (SSSR count). The molecule has 23 heavy (non-hydrogen) atoms. The minimum absolute atomic E-state index is 0.123. The lowest BCUT2D eigenvalue weighted by atomic mass is 10.1. The summed E-state index contributed by atoms with van der Waals surface area (Å²) in [6.07, 6.45) is 1.88. The van der Waals surface area contributed by atoms with Crippen LogP contribution in [-0.2, 0) is 4.79 Å². The summed E-state index contributed by atoms with van der Waals surface area (Å²) < 4.78 is 1.29. The van der Waals surface area contributed by atoms with E-state index in [0.29, 0.717) is 19.9 Å². The van der Waals surface area contributed by atoms with Crippen LogP contribution < -0.4 is 4.90 Å². The predicted molar refractivity (Wildman–Crippen MR) is 106 cm³/mol. The lowest BCUT2D eigenvalue weighted by Crippen LogP contribution is -2.27. The van der Waals surface area contributed by atoms with Crippen molar-refractivity contribution in [3.63, 3.8) is 0 Å². The summed E-state index contributed by atoms with van der Waals surface area (Å²) >= 11 is 16.2. The van der Waals surface area contributed by atoms with Gasteiger partial charge in [-0.1, -0.05) is 59.8 Å². The molecule has 0 aromatic heterocycles. The summed E-state index contributed by atoms with van der Waals surface area (Å²) in [6, 6.07) is 13.3. The standard InChI is InChI=1S/C17H11BrClNOS2/c1-10-4-2-3-5-11(10)8-15-16(21)20(17(22)23-15)12-6-7-13(18)14(19)9-12/h2-9H,1H3/b15-8+. The molecule has 116 valence electrons. The molecule has 2 aromatic carbocycles. The molecule has 0 N–H and O–H groups in total. The first-order valence-corrected chi connectivity index (χ1v) is 9.15. The zero-order chi connectivity index (χ0) is 16.6. The number of thioether (sulfide) groups is 1. The van der Waals surface area contributed by atoms with Gasteiger partial charge in [0, 0.05) is 4.47 Å². The van der Waals surface area contributed by atoms with E-state index >= 15 is 0 Å². The number of anilines is 1. The molecule has 1 aliphatic heterocycles. The molecule has 2 aromatic rings. The van der Waals surface area contributed by atoms with E-state index in [0.717, 1.165) is 15.6 Å². The first-order valence-electron chi connectivity index (χ1n) is 6.76. The average Bonchev–Trinajstić information content (AvgIpc) is 2.79. The number of carbonyl (C=O) groups is 1. The Morgan fingerprint density at radius 3 is 2.70 bits per heavy atom. The van der Waals surface area contributed by atoms with Crippen molar-refractivity contribution < 1.29 is 4.79 Å². The van der Waals surface area contributed by atoms with Crippen molar-refractivity contribution in [3.05, 3.63) is 68.0 Å². The highest BCUT2D eigenvalue weighted by Gasteiger charge is 2.33. The number of rotatable bonds is 2. The molecule has 6 heteroatoms. The summed E-state index contributed by atoms with van der Waals surface area (Å²) in [5.74, 6) is -0.123. The predicted octanol–water partition coefficient (Wildman–Crippen LogP) is 5.82. The molecule has 0 aliphatic carbocycles. The van der Waals surface area contributed by atoms with Gasteiger partial charge < -0.3 is 0 Å². The van der Waals surface area contributed by atoms with Gasteiger partial charge in [0.1, 0.15) is 0 Å². The average molecular weight is 425 g/mol. The van der Waals surface area contributed by atoms with E-state index in [1.807, 2.05) is 43.3 Å². The quantitative estimate of drug-likeness (QED) is 0.448. The third-order valence-electron chi connectivity index (χ3n) is 3.43. The number of hydrogen-bond acceptors (Lipinski definition) is 3. The molecule has 0 radical (unpaired) electrons. The van der Waals surface area contributed by atoms with Crippen LogP contribution in [0.1, 0.15) is 11.1 Å². The van der Waals surface area contributed by atoms with E-state index in [2.05, 4.69) is 15.9 Å². The van der Waals surface area contributed by atoms with Gasteiger partial charge in [-0.25, -0.2) is 0 Å². The fourth-order valence-corrected chi connectivity index (χ4v) is 3.92. The Labute approximate surface area is 157 Å². The SMILES string of the molecule is Cc1ccccc1/C=C1/SC(=S)N(c2ccc(Br)c(Cl)c2)C1=O. The van der Waals surface area contributed by atoms with Gasteiger partial charge in [0.25, 0.3) is 5.91 Å². The smallest absolute Gasteiger partial charge is 0.268 e. The van der Waals surface area contributed by atoms with Gasteiger partial charge in [0.15, 0.2) is 4.32 Å². The number of amides is 1. The van der Waals surface area contributed by atoms with Crippen LogP contribution in [0.15, 0.2) is 51.8 Å². The van der Waals surface area contributed by atoms with E-state index in [4.69, 9.17) is 23.8 Å². The van der Waals surface area contributed by atoms with Crippen molar-refractivity contribution in [2.45, 2.75) is 6.92 Å². The molecule has 0 atom stereocenters. The van der Waals surface area contributed by atoms with Gasteiger partial charge in [0.2, 0.25) is 0 Å². The zero-order valence-corrected chi connectivity index (χ0v) is 16.0. The zero-order valence-electron chi connectivity index (χ0n) is 12.0. The topological polar surface area (TPSA) is 20.3 Å². The van der Waals surface area contributed by atoms with Gasteiger partial charge in [-0.05, 0) is 58.3 Å². The Kier molecular flexibility index (Phi) is 4.92. The third kappa shape index (κ3) is 3.38. The molecule has 0 saturated carbocycles. The van der Waals surface area contributed by atoms with E-state index < -0.39 is 0 Å². The number of aryl methyl sites for hydroxylation is 1. The fraction of sp³-hybridized carbons (Fsp3) is 0.0588. The second-order valence-corrected chi connectivity index (χ2v) is 7.91. The van der Waals surface area contributed by atoms with Crippen molar-refractivity contribution in [3.8, 4) is 0 Å². The van der Waals surface area contributed by atoms with Gasteiger partial charge in [-0.3, -0.25) is 9.69 Å². The minimum Gasteiger partial charge on any atom is -0.268 e. The molecule has 1 heterocycles. The van der Waals surface area contributed by atoms with Gasteiger partial charge in [-0.15, -0.1) is 0 Å². The van der Waals surface area contributed by atoms with E-state index in [9.17, 15) is 4.79 Å². The lowest BCUT2D eigenvalue weighted by molar-refractivity contribution is -0.113. The fourth-order valence-electron chi connectivity index (χ4n) is 2.20. The van der Waals surface area contributed by atoms with Crippen LogP contribution in [0.2, 0.25) is 5.02 Å². The van der Waals surface area contributed by atoms with Gasteiger partial charge in [0.05, 0.1) is 15.6 Å². The second-order valence-electron chi connectivity index (χ2n) is 4.97. The van der Waals surface area contributed by atoms with Crippen molar-refractivity contribution in [1.82, 2.24) is 0 Å². The molecule has 1 saturated heterocycles. The Hall–Kier alpha value is -1.14. The van der Waals surface area contributed by atoms with Crippen LogP contribution >= 0.6 is 51.5 Å². The third-order valence-corrected chi connectivity index (χ3v) is 5.96. The van der Waals surface area contributed by atoms with Crippen LogP contribution in [0, 0.1) is 6.92 Å². The molecule has 0 unspecified atom stereocenters. The van der Waals surface area contributed by atoms with Crippen LogP contribution in [-0.4, -0.2) is 10.2 Å². The highest BCUT2D eigenvalue weighted by Crippen LogP contribution is 2.38. The van der Waals surface area contributed by atoms with Crippen LogP contribution in [0.3, 0.4) is 0 Å². The second kappa shape index (κ2) is 6.77. The van der Waals surface area contributed by atoms with Crippen LogP contribution in [0.4, 0.5) is 5.69 Å². The Morgan fingerprint density at radius 1 is 1.26 bits per heavy atom. The number of hydrogen-bond donors (Lipinski definition) is 0. The highest BCUT2D eigenvalue weighted by atomic mass is 79.9. The number of halogens is 2. The monoisotopic (exact) mass is 423 g/mol. The summed E-state index contributed by atoms with van der Waals surface area (Å²) in [5, 5.41) is 0.541. The molecular formula is C17H11BrClNOS2. The molecule has 0 bridgehead atoms. The van der Waals surface area contributed by atoms with Crippen molar-refractivity contribution in [2.75, 3.05) is 4.90 Å². The number of thiocarbonyl (C=S) groups is 1. The maximum absolute atomic E-state index is 12.7. The summed E-state index contributed by atoms with van der Waals surface area (Å²) in [5.41, 5.74) is 2.81. The first-order chi connectivity index (χ1) is 11.0. The van der Waals surface area contributed by atoms with E-state index in [1.165, 1.54) is 16.7 Å². The maximum Gasteiger partial charge on any atom is 0.270 e.